The second-order valence-corrected chi connectivity index (χ2v) is 8.56. The number of carbonyl (C=O) groups excluding carboxylic acids is 1. The lowest BCUT2D eigenvalue weighted by Crippen LogP contribution is -2.12. The summed E-state index contributed by atoms with van der Waals surface area (Å²) in [5.74, 6) is 2.69. The Morgan fingerprint density at radius 2 is 1.74 bits per heavy atom. The quantitative estimate of drug-likeness (QED) is 0.286. The van der Waals surface area contributed by atoms with Gasteiger partial charge in [-0.25, -0.2) is 0 Å². The molecule has 0 spiro atoms. The fourth-order valence-corrected chi connectivity index (χ4v) is 4.38. The summed E-state index contributed by atoms with van der Waals surface area (Å²) in [7, 11) is 3.24. The number of benzene rings is 3. The van der Waals surface area contributed by atoms with Crippen LogP contribution in [0.3, 0.4) is 0 Å². The van der Waals surface area contributed by atoms with Crippen molar-refractivity contribution in [3.05, 3.63) is 84.7 Å². The molecule has 2 N–H and O–H groups in total. The van der Waals surface area contributed by atoms with Gasteiger partial charge in [-0.15, -0.1) is 10.2 Å². The highest BCUT2D eigenvalue weighted by molar-refractivity contribution is 7.99. The van der Waals surface area contributed by atoms with E-state index in [1.54, 1.807) is 20.3 Å². The van der Waals surface area contributed by atoms with E-state index in [1.165, 1.54) is 11.8 Å². The predicted octanol–water partition coefficient (Wildman–Crippen LogP) is 5.02. The van der Waals surface area contributed by atoms with E-state index in [4.69, 9.17) is 9.47 Å². The first-order chi connectivity index (χ1) is 17.2. The molecular weight excluding hydrogens is 462 g/mol. The average Bonchev–Trinajstić information content (AvgIpc) is 3.30. The highest BCUT2D eigenvalue weighted by Gasteiger charge is 2.15. The first-order valence-electron chi connectivity index (χ1n) is 11.1. The summed E-state index contributed by atoms with van der Waals surface area (Å²) in [4.78, 5) is 12.5. The van der Waals surface area contributed by atoms with Crippen LogP contribution in [0.5, 0.6) is 11.5 Å². The van der Waals surface area contributed by atoms with Crippen LogP contribution >= 0.6 is 11.8 Å². The van der Waals surface area contributed by atoms with Gasteiger partial charge in [-0.1, -0.05) is 48.2 Å². The maximum absolute atomic E-state index is 12.5. The number of ether oxygens (including phenoxy) is 2. The predicted molar refractivity (Wildman–Crippen MR) is 139 cm³/mol. The zero-order chi connectivity index (χ0) is 24.5. The molecule has 3 aromatic carbocycles. The molecule has 0 saturated carbocycles. The number of rotatable bonds is 11. The number of carbonyl (C=O) groups is 1. The van der Waals surface area contributed by atoms with E-state index >= 15 is 0 Å². The minimum Gasteiger partial charge on any atom is -0.497 e. The monoisotopic (exact) mass is 489 g/mol. The third kappa shape index (κ3) is 6.33. The van der Waals surface area contributed by atoms with Crippen LogP contribution < -0.4 is 20.1 Å². The zero-order valence-electron chi connectivity index (χ0n) is 19.6. The van der Waals surface area contributed by atoms with Crippen molar-refractivity contribution in [3.8, 4) is 17.2 Å². The molecule has 0 unspecified atom stereocenters. The molecule has 180 valence electrons. The fourth-order valence-electron chi connectivity index (χ4n) is 3.47. The Morgan fingerprint density at radius 1 is 0.943 bits per heavy atom. The number of para-hydroxylation sites is 3. The maximum Gasteiger partial charge on any atom is 0.225 e. The van der Waals surface area contributed by atoms with Crippen LogP contribution in [0.2, 0.25) is 0 Å². The molecule has 0 bridgehead atoms. The number of thioether (sulfide) groups is 1. The number of amides is 1. The lowest BCUT2D eigenvalue weighted by molar-refractivity contribution is -0.115. The molecule has 4 aromatic rings. The summed E-state index contributed by atoms with van der Waals surface area (Å²) in [6, 6.07) is 25.0. The van der Waals surface area contributed by atoms with Crippen molar-refractivity contribution < 1.29 is 14.3 Å². The second-order valence-electron chi connectivity index (χ2n) is 7.50. The van der Waals surface area contributed by atoms with Crippen LogP contribution in [0.25, 0.3) is 5.69 Å². The van der Waals surface area contributed by atoms with Crippen molar-refractivity contribution in [2.45, 2.75) is 18.1 Å². The van der Waals surface area contributed by atoms with Crippen LogP contribution in [-0.4, -0.2) is 40.6 Å². The average molecular weight is 490 g/mol. The van der Waals surface area contributed by atoms with E-state index in [0.717, 1.165) is 28.1 Å². The van der Waals surface area contributed by atoms with Crippen LogP contribution in [0.4, 0.5) is 11.4 Å². The Bertz CT molecular complexity index is 1260. The van der Waals surface area contributed by atoms with Crippen LogP contribution in [0.15, 0.2) is 84.0 Å². The zero-order valence-corrected chi connectivity index (χ0v) is 20.4. The number of anilines is 2. The van der Waals surface area contributed by atoms with Crippen molar-refractivity contribution in [1.29, 1.82) is 0 Å². The van der Waals surface area contributed by atoms with Gasteiger partial charge in [-0.2, -0.15) is 0 Å². The summed E-state index contributed by atoms with van der Waals surface area (Å²) in [6.45, 7) is 0.457. The van der Waals surface area contributed by atoms with Crippen molar-refractivity contribution in [1.82, 2.24) is 14.8 Å². The molecule has 0 aliphatic heterocycles. The number of hydrogen-bond acceptors (Lipinski definition) is 7. The molecule has 1 amide bonds. The summed E-state index contributed by atoms with van der Waals surface area (Å²) >= 11 is 1.49. The standard InChI is InChI=1S/C26H27N5O3S/c1-33-21-12-8-9-19(17-21)28-25(32)15-16-35-26-30-29-24(31(26)20-10-4-3-5-11-20)18-27-22-13-6-7-14-23(22)34-2/h3-14,17,27H,15-16,18H2,1-2H3,(H,28,32). The lowest BCUT2D eigenvalue weighted by Gasteiger charge is -2.13. The smallest absolute Gasteiger partial charge is 0.225 e. The Labute approximate surface area is 208 Å². The first-order valence-corrected chi connectivity index (χ1v) is 12.1. The fraction of sp³-hybridized carbons (Fsp3) is 0.192. The highest BCUT2D eigenvalue weighted by atomic mass is 32.2. The van der Waals surface area contributed by atoms with Gasteiger partial charge in [0.1, 0.15) is 11.5 Å². The molecule has 0 fully saturated rings. The van der Waals surface area contributed by atoms with Crippen molar-refractivity contribution in [2.24, 2.45) is 0 Å². The van der Waals surface area contributed by atoms with Gasteiger partial charge in [-0.05, 0) is 36.4 Å². The Hall–Kier alpha value is -3.98. The van der Waals surface area contributed by atoms with Crippen molar-refractivity contribution in [3.63, 3.8) is 0 Å². The van der Waals surface area contributed by atoms with Gasteiger partial charge in [0.25, 0.3) is 0 Å². The molecule has 1 heterocycles. The number of nitrogens with one attached hydrogen (secondary N) is 2. The van der Waals surface area contributed by atoms with Gasteiger partial charge in [0.2, 0.25) is 5.91 Å². The lowest BCUT2D eigenvalue weighted by atomic mass is 10.3. The van der Waals surface area contributed by atoms with Gasteiger partial charge in [0.05, 0.1) is 26.5 Å². The van der Waals surface area contributed by atoms with Gasteiger partial charge in [0, 0.05) is 29.6 Å². The normalized spacial score (nSPS) is 10.6. The highest BCUT2D eigenvalue weighted by Crippen LogP contribution is 2.26. The SMILES string of the molecule is COc1cccc(NC(=O)CCSc2nnc(CNc3ccccc3OC)n2-c2ccccc2)c1. The van der Waals surface area contributed by atoms with Gasteiger partial charge >= 0.3 is 0 Å². The van der Waals surface area contributed by atoms with Crippen LogP contribution in [0.1, 0.15) is 12.2 Å². The number of aromatic nitrogens is 3. The van der Waals surface area contributed by atoms with E-state index in [2.05, 4.69) is 20.8 Å². The van der Waals surface area contributed by atoms with E-state index in [1.807, 2.05) is 77.4 Å². The maximum atomic E-state index is 12.5. The molecule has 35 heavy (non-hydrogen) atoms. The van der Waals surface area contributed by atoms with Crippen molar-refractivity contribution in [2.75, 3.05) is 30.6 Å². The van der Waals surface area contributed by atoms with E-state index in [-0.39, 0.29) is 5.91 Å². The molecule has 1 aromatic heterocycles. The summed E-state index contributed by atoms with van der Waals surface area (Å²) < 4.78 is 12.6. The van der Waals surface area contributed by atoms with Gasteiger partial charge < -0.3 is 20.1 Å². The third-order valence-corrected chi connectivity index (χ3v) is 6.10. The van der Waals surface area contributed by atoms with E-state index in [0.29, 0.717) is 30.2 Å². The molecule has 0 aliphatic carbocycles. The number of nitrogens with zero attached hydrogens (tertiary/aromatic N) is 3. The third-order valence-electron chi connectivity index (χ3n) is 5.17. The first kappa shape index (κ1) is 24.2. The summed E-state index contributed by atoms with van der Waals surface area (Å²) in [5.41, 5.74) is 2.54. The molecule has 8 nitrogen and oxygen atoms in total. The summed E-state index contributed by atoms with van der Waals surface area (Å²) in [6.07, 6.45) is 0.332. The minimum atomic E-state index is -0.0745. The molecule has 0 aliphatic rings. The topological polar surface area (TPSA) is 90.3 Å². The van der Waals surface area contributed by atoms with Crippen LogP contribution in [0, 0.1) is 0 Å². The number of methoxy groups -OCH3 is 2. The van der Waals surface area contributed by atoms with Gasteiger partial charge in [-0.3, -0.25) is 9.36 Å². The molecule has 9 heteroatoms. The summed E-state index contributed by atoms with van der Waals surface area (Å²) in [5, 5.41) is 15.8. The molecular formula is C26H27N5O3S. The van der Waals surface area contributed by atoms with Gasteiger partial charge in [0.15, 0.2) is 11.0 Å². The number of hydrogen-bond donors (Lipinski definition) is 2. The Morgan fingerprint density at radius 3 is 2.54 bits per heavy atom. The van der Waals surface area contributed by atoms with E-state index < -0.39 is 0 Å². The molecule has 0 saturated heterocycles. The van der Waals surface area contributed by atoms with Crippen molar-refractivity contribution >= 4 is 29.0 Å². The molecule has 0 atom stereocenters. The Kier molecular flexibility index (Phi) is 8.24. The molecule has 0 radical (unpaired) electrons. The second kappa shape index (κ2) is 11.9. The van der Waals surface area contributed by atoms with Crippen LogP contribution in [-0.2, 0) is 11.3 Å². The van der Waals surface area contributed by atoms with E-state index in [9.17, 15) is 4.79 Å². The Balaban J connectivity index is 1.43. The molecule has 4 rings (SSSR count). The minimum absolute atomic E-state index is 0.0745. The largest absolute Gasteiger partial charge is 0.497 e.